The summed E-state index contributed by atoms with van der Waals surface area (Å²) in [6.45, 7) is 2.04. The Hall–Kier alpha value is -0.820. The van der Waals surface area contributed by atoms with Crippen molar-refractivity contribution in [1.82, 2.24) is 5.32 Å². The molecule has 0 aromatic heterocycles. The van der Waals surface area contributed by atoms with Crippen LogP contribution in [0.1, 0.15) is 39.0 Å². The summed E-state index contributed by atoms with van der Waals surface area (Å²) in [6, 6.07) is 0. The molecule has 2 N–H and O–H groups in total. The summed E-state index contributed by atoms with van der Waals surface area (Å²) >= 11 is 0. The van der Waals surface area contributed by atoms with Gasteiger partial charge in [0.1, 0.15) is 0 Å². The molecule has 124 valence electrons. The summed E-state index contributed by atoms with van der Waals surface area (Å²) < 4.78 is 42.5. The van der Waals surface area contributed by atoms with E-state index >= 15 is 0 Å². The largest absolute Gasteiger partial charge is 0.391 e. The van der Waals surface area contributed by atoms with Crippen molar-refractivity contribution in [3.8, 4) is 0 Å². The number of rotatable bonds is 6. The predicted molar refractivity (Wildman–Crippen MR) is 71.6 cm³/mol. The van der Waals surface area contributed by atoms with Gasteiger partial charge in [0.15, 0.2) is 0 Å². The quantitative estimate of drug-likeness (QED) is 0.791. The van der Waals surface area contributed by atoms with Gasteiger partial charge in [-0.3, -0.25) is 4.79 Å². The summed E-state index contributed by atoms with van der Waals surface area (Å²) in [5, 5.41) is 12.6. The van der Waals surface area contributed by atoms with Crippen LogP contribution in [-0.4, -0.2) is 43.1 Å². The Kier molecular flexibility index (Phi) is 6.46. The first kappa shape index (κ1) is 18.2. The minimum atomic E-state index is -4.16. The lowest BCUT2D eigenvalue weighted by molar-refractivity contribution is -0.184. The highest BCUT2D eigenvalue weighted by molar-refractivity contribution is 5.78. The van der Waals surface area contributed by atoms with Gasteiger partial charge in [0.25, 0.3) is 0 Å². The number of ether oxygens (including phenoxy) is 1. The molecule has 7 heteroatoms. The molecule has 1 aliphatic rings. The van der Waals surface area contributed by atoms with Crippen molar-refractivity contribution in [2.45, 2.75) is 50.8 Å². The lowest BCUT2D eigenvalue weighted by Gasteiger charge is -2.30. The standard InChI is InChI=1S/C14H24F3NO3/c1-13(20,7-8-21-2)9-18-12(19)10-3-5-11(6-4-10)14(15,16)17/h10-11,20H,3-9H2,1-2H3,(H,18,19). The van der Waals surface area contributed by atoms with Crippen LogP contribution in [0.25, 0.3) is 0 Å². The zero-order chi connectivity index (χ0) is 16.1. The van der Waals surface area contributed by atoms with Crippen molar-refractivity contribution in [3.05, 3.63) is 0 Å². The highest BCUT2D eigenvalue weighted by atomic mass is 19.4. The van der Waals surface area contributed by atoms with Crippen LogP contribution in [0.5, 0.6) is 0 Å². The summed E-state index contributed by atoms with van der Waals surface area (Å²) in [7, 11) is 1.52. The van der Waals surface area contributed by atoms with E-state index in [-0.39, 0.29) is 44.1 Å². The first-order valence-corrected chi connectivity index (χ1v) is 7.21. The number of carbonyl (C=O) groups excluding carboxylic acids is 1. The molecule has 1 unspecified atom stereocenters. The Morgan fingerprint density at radius 2 is 1.86 bits per heavy atom. The first-order chi connectivity index (χ1) is 9.65. The number of methoxy groups -OCH3 is 1. The van der Waals surface area contributed by atoms with Gasteiger partial charge in [0, 0.05) is 32.6 Å². The molecule has 21 heavy (non-hydrogen) atoms. The van der Waals surface area contributed by atoms with Crippen LogP contribution in [0.15, 0.2) is 0 Å². The third-order valence-electron chi connectivity index (χ3n) is 4.05. The topological polar surface area (TPSA) is 58.6 Å². The molecule has 0 heterocycles. The second kappa shape index (κ2) is 7.45. The van der Waals surface area contributed by atoms with E-state index in [4.69, 9.17) is 4.74 Å². The number of hydrogen-bond donors (Lipinski definition) is 2. The molecule has 0 saturated heterocycles. The predicted octanol–water partition coefficient (Wildman–Crippen LogP) is 2.26. The van der Waals surface area contributed by atoms with Gasteiger partial charge in [-0.05, 0) is 32.6 Å². The summed E-state index contributed by atoms with van der Waals surface area (Å²) in [5.74, 6) is -1.94. The molecule has 0 aliphatic heterocycles. The van der Waals surface area contributed by atoms with Crippen LogP contribution in [0.4, 0.5) is 13.2 Å². The minimum Gasteiger partial charge on any atom is -0.388 e. The van der Waals surface area contributed by atoms with Gasteiger partial charge in [-0.2, -0.15) is 13.2 Å². The molecule has 0 radical (unpaired) electrons. The SMILES string of the molecule is COCCC(C)(O)CNC(=O)C1CCC(C(F)(F)F)CC1. The van der Waals surface area contributed by atoms with Gasteiger partial charge >= 0.3 is 6.18 Å². The lowest BCUT2D eigenvalue weighted by Crippen LogP contribution is -2.44. The van der Waals surface area contributed by atoms with Crippen LogP contribution < -0.4 is 5.32 Å². The second-order valence-electron chi connectivity index (χ2n) is 6.05. The van der Waals surface area contributed by atoms with E-state index in [9.17, 15) is 23.1 Å². The maximum absolute atomic E-state index is 12.5. The Morgan fingerprint density at radius 3 is 2.33 bits per heavy atom. The summed E-state index contributed by atoms with van der Waals surface area (Å²) in [4.78, 5) is 11.9. The van der Waals surface area contributed by atoms with Gasteiger partial charge < -0.3 is 15.2 Å². The van der Waals surface area contributed by atoms with Crippen molar-refractivity contribution in [1.29, 1.82) is 0 Å². The zero-order valence-corrected chi connectivity index (χ0v) is 12.5. The van der Waals surface area contributed by atoms with Crippen molar-refractivity contribution in [3.63, 3.8) is 0 Å². The Balaban J connectivity index is 2.34. The summed E-state index contributed by atoms with van der Waals surface area (Å²) in [5.41, 5.74) is -1.07. The van der Waals surface area contributed by atoms with E-state index in [1.54, 1.807) is 6.92 Å². The fourth-order valence-electron chi connectivity index (χ4n) is 2.52. The monoisotopic (exact) mass is 311 g/mol. The minimum absolute atomic E-state index is 0.00164. The molecule has 1 atom stereocenters. The number of nitrogens with one attached hydrogen (secondary N) is 1. The molecule has 0 bridgehead atoms. The number of alkyl halides is 3. The fraction of sp³-hybridized carbons (Fsp3) is 0.929. The molecule has 0 aromatic carbocycles. The number of amides is 1. The third-order valence-corrected chi connectivity index (χ3v) is 4.05. The van der Waals surface area contributed by atoms with E-state index < -0.39 is 17.7 Å². The van der Waals surface area contributed by atoms with Crippen LogP contribution in [0, 0.1) is 11.8 Å². The fourth-order valence-corrected chi connectivity index (χ4v) is 2.52. The third kappa shape index (κ3) is 6.22. The smallest absolute Gasteiger partial charge is 0.388 e. The molecular formula is C14H24F3NO3. The molecule has 0 spiro atoms. The maximum Gasteiger partial charge on any atom is 0.391 e. The molecule has 1 rings (SSSR count). The van der Waals surface area contributed by atoms with Gasteiger partial charge in [0.2, 0.25) is 5.91 Å². The van der Waals surface area contributed by atoms with E-state index in [1.165, 1.54) is 7.11 Å². The molecule has 4 nitrogen and oxygen atoms in total. The number of halogens is 3. The van der Waals surface area contributed by atoms with Crippen molar-refractivity contribution >= 4 is 5.91 Å². The van der Waals surface area contributed by atoms with Crippen molar-refractivity contribution in [2.75, 3.05) is 20.3 Å². The normalized spacial score (nSPS) is 26.2. The molecule has 1 amide bonds. The van der Waals surface area contributed by atoms with E-state index in [2.05, 4.69) is 5.32 Å². The van der Waals surface area contributed by atoms with Crippen molar-refractivity contribution in [2.24, 2.45) is 11.8 Å². The summed E-state index contributed by atoms with van der Waals surface area (Å²) in [6.07, 6.45) is -3.29. The highest BCUT2D eigenvalue weighted by Gasteiger charge is 2.42. The van der Waals surface area contributed by atoms with Gasteiger partial charge in [-0.25, -0.2) is 0 Å². The molecular weight excluding hydrogens is 287 g/mol. The Labute approximate surface area is 123 Å². The van der Waals surface area contributed by atoms with Crippen LogP contribution >= 0.6 is 0 Å². The Bertz CT molecular complexity index is 337. The van der Waals surface area contributed by atoms with Crippen molar-refractivity contribution < 1.29 is 27.8 Å². The maximum atomic E-state index is 12.5. The number of aliphatic hydroxyl groups is 1. The van der Waals surface area contributed by atoms with Gasteiger partial charge in [-0.15, -0.1) is 0 Å². The van der Waals surface area contributed by atoms with Crippen LogP contribution in [0.2, 0.25) is 0 Å². The second-order valence-corrected chi connectivity index (χ2v) is 6.05. The Morgan fingerprint density at radius 1 is 1.29 bits per heavy atom. The lowest BCUT2D eigenvalue weighted by atomic mass is 9.81. The molecule has 1 saturated carbocycles. The van der Waals surface area contributed by atoms with Gasteiger partial charge in [-0.1, -0.05) is 0 Å². The number of hydrogen-bond acceptors (Lipinski definition) is 3. The van der Waals surface area contributed by atoms with E-state index in [1.807, 2.05) is 0 Å². The zero-order valence-electron chi connectivity index (χ0n) is 12.5. The highest BCUT2D eigenvalue weighted by Crippen LogP contribution is 2.39. The molecule has 0 aromatic rings. The molecule has 1 aliphatic carbocycles. The average Bonchev–Trinajstić information content (AvgIpc) is 2.42. The van der Waals surface area contributed by atoms with Crippen LogP contribution in [-0.2, 0) is 9.53 Å². The molecule has 1 fully saturated rings. The van der Waals surface area contributed by atoms with Crippen LogP contribution in [0.3, 0.4) is 0 Å². The van der Waals surface area contributed by atoms with E-state index in [0.717, 1.165) is 0 Å². The van der Waals surface area contributed by atoms with Gasteiger partial charge in [0.05, 0.1) is 11.5 Å². The number of carbonyl (C=O) groups is 1. The van der Waals surface area contributed by atoms with E-state index in [0.29, 0.717) is 13.0 Å². The first-order valence-electron chi connectivity index (χ1n) is 7.21. The average molecular weight is 311 g/mol.